The zero-order chi connectivity index (χ0) is 17.1. The number of rotatable bonds is 7. The molecule has 0 atom stereocenters. The Morgan fingerprint density at radius 3 is 2.79 bits per heavy atom. The lowest BCUT2D eigenvalue weighted by molar-refractivity contribution is -0.146. The van der Waals surface area contributed by atoms with Crippen LogP contribution in [0.15, 0.2) is 10.6 Å². The summed E-state index contributed by atoms with van der Waals surface area (Å²) in [7, 11) is 0. The largest absolute Gasteiger partial charge is 0.365 e. The van der Waals surface area contributed by atoms with Crippen molar-refractivity contribution in [2.45, 2.75) is 52.9 Å². The summed E-state index contributed by atoms with van der Waals surface area (Å²) >= 11 is 0. The summed E-state index contributed by atoms with van der Waals surface area (Å²) in [5.74, 6) is 1.24. The molecule has 1 amide bonds. The second kappa shape index (κ2) is 7.12. The highest BCUT2D eigenvalue weighted by Crippen LogP contribution is 2.16. The molecule has 8 nitrogen and oxygen atoms in total. The van der Waals surface area contributed by atoms with Crippen LogP contribution in [0.2, 0.25) is 0 Å². The maximum absolute atomic E-state index is 12.1. The molecule has 3 rings (SSSR count). The van der Waals surface area contributed by atoms with Crippen molar-refractivity contribution in [2.75, 3.05) is 13.1 Å². The van der Waals surface area contributed by atoms with Crippen LogP contribution in [0.4, 0.5) is 0 Å². The maximum Gasteiger partial charge on any atom is 0.252 e. The van der Waals surface area contributed by atoms with E-state index in [4.69, 9.17) is 9.26 Å². The molecule has 1 aliphatic rings. The first-order valence-corrected chi connectivity index (χ1v) is 8.21. The number of nitrogens with zero attached hydrogens (tertiary/aromatic N) is 5. The number of hydrogen-bond donors (Lipinski definition) is 0. The van der Waals surface area contributed by atoms with Crippen molar-refractivity contribution in [1.29, 1.82) is 0 Å². The lowest BCUT2D eigenvalue weighted by Gasteiger charge is -2.38. The topological polar surface area (TPSA) is 86.3 Å². The van der Waals surface area contributed by atoms with E-state index in [0.717, 1.165) is 24.4 Å². The Balaban J connectivity index is 1.32. The summed E-state index contributed by atoms with van der Waals surface area (Å²) < 4.78 is 12.6. The van der Waals surface area contributed by atoms with Crippen LogP contribution in [0, 0.1) is 20.8 Å². The summed E-state index contributed by atoms with van der Waals surface area (Å²) in [5, 5.41) is 8.12. The molecular weight excluding hydrogens is 310 g/mol. The van der Waals surface area contributed by atoms with E-state index in [-0.39, 0.29) is 12.0 Å². The third-order valence-electron chi connectivity index (χ3n) is 4.08. The zero-order valence-electron chi connectivity index (χ0n) is 14.4. The highest BCUT2D eigenvalue weighted by molar-refractivity contribution is 5.77. The van der Waals surface area contributed by atoms with Gasteiger partial charge in [-0.3, -0.25) is 9.48 Å². The Labute approximate surface area is 140 Å². The smallest absolute Gasteiger partial charge is 0.252 e. The van der Waals surface area contributed by atoms with Crippen LogP contribution in [0.25, 0.3) is 0 Å². The molecule has 8 heteroatoms. The number of carbonyl (C=O) groups excluding carboxylic acids is 1. The number of amides is 1. The molecule has 0 saturated carbocycles. The number of likely N-dealkylation sites (tertiary alicyclic amines) is 1. The fourth-order valence-corrected chi connectivity index (χ4v) is 2.77. The minimum atomic E-state index is 0.0529. The van der Waals surface area contributed by atoms with Gasteiger partial charge in [0.15, 0.2) is 5.82 Å². The molecule has 0 unspecified atom stereocenters. The second-order valence-corrected chi connectivity index (χ2v) is 6.22. The fraction of sp³-hybridized carbons (Fsp3) is 0.625. The first kappa shape index (κ1) is 16.6. The summed E-state index contributed by atoms with van der Waals surface area (Å²) in [6.45, 7) is 8.11. The Morgan fingerprint density at radius 1 is 1.38 bits per heavy atom. The number of hydrogen-bond acceptors (Lipinski definition) is 6. The Morgan fingerprint density at radius 2 is 2.17 bits per heavy atom. The molecule has 0 radical (unpaired) electrons. The number of aryl methyl sites for hydroxylation is 4. The average Bonchev–Trinajstić information content (AvgIpc) is 3.03. The van der Waals surface area contributed by atoms with E-state index in [1.807, 2.05) is 29.5 Å². The highest BCUT2D eigenvalue weighted by atomic mass is 16.5. The number of aromatic nitrogens is 4. The highest BCUT2D eigenvalue weighted by Gasteiger charge is 2.31. The standard InChI is InChI=1S/C16H23N5O3/c1-11-7-12(2)21(18-11)6-4-5-16(22)20-8-14(9-20)23-10-15-17-13(3)19-24-15/h7,14H,4-6,8-10H2,1-3H3. The van der Waals surface area contributed by atoms with Crippen molar-refractivity contribution in [3.05, 3.63) is 29.2 Å². The van der Waals surface area contributed by atoms with Gasteiger partial charge in [0.05, 0.1) is 11.8 Å². The van der Waals surface area contributed by atoms with Gasteiger partial charge in [-0.2, -0.15) is 10.1 Å². The van der Waals surface area contributed by atoms with E-state index in [9.17, 15) is 4.79 Å². The molecule has 2 aromatic heterocycles. The van der Waals surface area contributed by atoms with Gasteiger partial charge in [-0.1, -0.05) is 5.16 Å². The van der Waals surface area contributed by atoms with Gasteiger partial charge in [0.2, 0.25) is 5.91 Å². The molecule has 0 N–H and O–H groups in total. The van der Waals surface area contributed by atoms with Crippen molar-refractivity contribution in [2.24, 2.45) is 0 Å². The predicted molar refractivity (Wildman–Crippen MR) is 85.1 cm³/mol. The Hall–Kier alpha value is -2.22. The van der Waals surface area contributed by atoms with Crippen LogP contribution in [-0.4, -0.2) is 49.9 Å². The van der Waals surface area contributed by atoms with E-state index in [0.29, 0.717) is 37.8 Å². The van der Waals surface area contributed by atoms with Crippen molar-refractivity contribution in [3.63, 3.8) is 0 Å². The van der Waals surface area contributed by atoms with Gasteiger partial charge in [0.25, 0.3) is 5.89 Å². The summed E-state index contributed by atoms with van der Waals surface area (Å²) in [6.07, 6.45) is 1.38. The molecular formula is C16H23N5O3. The zero-order valence-corrected chi connectivity index (χ0v) is 14.4. The van der Waals surface area contributed by atoms with Crippen molar-refractivity contribution >= 4 is 5.91 Å². The van der Waals surface area contributed by atoms with Gasteiger partial charge >= 0.3 is 0 Å². The molecule has 130 valence electrons. The maximum atomic E-state index is 12.1. The Bertz CT molecular complexity index is 702. The number of ether oxygens (including phenoxy) is 1. The molecule has 0 bridgehead atoms. The van der Waals surface area contributed by atoms with Crippen molar-refractivity contribution in [3.8, 4) is 0 Å². The van der Waals surface area contributed by atoms with Crippen LogP contribution in [0.5, 0.6) is 0 Å². The molecule has 0 aromatic carbocycles. The van der Waals surface area contributed by atoms with Gasteiger partial charge in [-0.05, 0) is 33.3 Å². The third-order valence-corrected chi connectivity index (χ3v) is 4.08. The molecule has 1 fully saturated rings. The molecule has 2 aromatic rings. The van der Waals surface area contributed by atoms with Gasteiger partial charge in [-0.15, -0.1) is 0 Å². The molecule has 0 aliphatic carbocycles. The van der Waals surface area contributed by atoms with Gasteiger partial charge in [0.1, 0.15) is 6.61 Å². The molecule has 0 spiro atoms. The van der Waals surface area contributed by atoms with E-state index in [2.05, 4.69) is 15.2 Å². The lowest BCUT2D eigenvalue weighted by atomic mass is 10.1. The minimum absolute atomic E-state index is 0.0529. The Kier molecular flexibility index (Phi) is 4.94. The van der Waals surface area contributed by atoms with Crippen molar-refractivity contribution < 1.29 is 14.1 Å². The van der Waals surface area contributed by atoms with Crippen molar-refractivity contribution in [1.82, 2.24) is 24.8 Å². The molecule has 1 aliphatic heterocycles. The number of carbonyl (C=O) groups is 1. The van der Waals surface area contributed by atoms with Gasteiger partial charge < -0.3 is 14.2 Å². The quantitative estimate of drug-likeness (QED) is 0.761. The van der Waals surface area contributed by atoms with Crippen LogP contribution in [0.1, 0.15) is 35.9 Å². The van der Waals surface area contributed by atoms with E-state index in [1.54, 1.807) is 6.92 Å². The minimum Gasteiger partial charge on any atom is -0.365 e. The molecule has 3 heterocycles. The van der Waals surface area contributed by atoms with Crippen LogP contribution in [0.3, 0.4) is 0 Å². The summed E-state index contributed by atoms with van der Waals surface area (Å²) in [6, 6.07) is 2.05. The van der Waals surface area contributed by atoms with E-state index in [1.165, 1.54) is 0 Å². The summed E-state index contributed by atoms with van der Waals surface area (Å²) in [4.78, 5) is 18.0. The SMILES string of the molecule is Cc1cc(C)n(CCCC(=O)N2CC(OCc3nc(C)no3)C2)n1. The second-order valence-electron chi connectivity index (χ2n) is 6.22. The van der Waals surface area contributed by atoms with Gasteiger partial charge in [-0.25, -0.2) is 0 Å². The third kappa shape index (κ3) is 4.00. The van der Waals surface area contributed by atoms with Crippen LogP contribution in [-0.2, 0) is 22.7 Å². The first-order chi connectivity index (χ1) is 11.5. The average molecular weight is 333 g/mol. The van der Waals surface area contributed by atoms with Crippen LogP contribution >= 0.6 is 0 Å². The van der Waals surface area contributed by atoms with E-state index >= 15 is 0 Å². The fourth-order valence-electron chi connectivity index (χ4n) is 2.77. The summed E-state index contributed by atoms with van der Waals surface area (Å²) in [5.41, 5.74) is 2.15. The lowest BCUT2D eigenvalue weighted by Crippen LogP contribution is -2.54. The first-order valence-electron chi connectivity index (χ1n) is 8.21. The normalized spacial score (nSPS) is 14.9. The monoisotopic (exact) mass is 333 g/mol. The predicted octanol–water partition coefficient (Wildman–Crippen LogP) is 1.40. The molecule has 24 heavy (non-hydrogen) atoms. The van der Waals surface area contributed by atoms with Crippen LogP contribution < -0.4 is 0 Å². The van der Waals surface area contributed by atoms with Gasteiger partial charge in [0, 0.05) is 31.7 Å². The molecule has 1 saturated heterocycles. The van der Waals surface area contributed by atoms with E-state index < -0.39 is 0 Å².